The number of primary amides is 1. The summed E-state index contributed by atoms with van der Waals surface area (Å²) in [5.41, 5.74) is 12.2. The van der Waals surface area contributed by atoms with Gasteiger partial charge in [0.25, 0.3) is 0 Å². The predicted octanol–water partition coefficient (Wildman–Crippen LogP) is -1.11. The molecule has 33 heavy (non-hydrogen) atoms. The Kier molecular flexibility index (Phi) is 9.34. The van der Waals surface area contributed by atoms with Crippen LogP contribution in [0.2, 0.25) is 0 Å². The Morgan fingerprint density at radius 1 is 1.15 bits per heavy atom. The summed E-state index contributed by atoms with van der Waals surface area (Å²) >= 11 is 0. The summed E-state index contributed by atoms with van der Waals surface area (Å²) in [6.45, 7) is 1.63. The van der Waals surface area contributed by atoms with Crippen molar-refractivity contribution in [1.82, 2.24) is 15.5 Å². The first-order valence-corrected chi connectivity index (χ1v) is 10.8. The molecule has 1 fully saturated rings. The summed E-state index contributed by atoms with van der Waals surface area (Å²) in [6.07, 6.45) is 1.02. The van der Waals surface area contributed by atoms with Gasteiger partial charge in [-0.1, -0.05) is 30.3 Å². The van der Waals surface area contributed by atoms with E-state index in [1.165, 1.54) is 11.8 Å². The van der Waals surface area contributed by atoms with Gasteiger partial charge < -0.3 is 32.1 Å². The Morgan fingerprint density at radius 3 is 2.42 bits per heavy atom. The van der Waals surface area contributed by atoms with Gasteiger partial charge in [-0.2, -0.15) is 0 Å². The number of carbonyl (C=O) groups excluding carboxylic acids is 4. The Labute approximate surface area is 191 Å². The molecule has 4 unspecified atom stereocenters. The van der Waals surface area contributed by atoms with Gasteiger partial charge in [-0.25, -0.2) is 0 Å². The van der Waals surface area contributed by atoms with Crippen LogP contribution in [0.3, 0.4) is 0 Å². The van der Waals surface area contributed by atoms with Gasteiger partial charge in [0.1, 0.15) is 18.1 Å². The number of benzene rings is 1. The number of nitrogens with zero attached hydrogens (tertiary/aromatic N) is 1. The molecule has 1 aromatic carbocycles. The Hall–Kier alpha value is -3.47. The van der Waals surface area contributed by atoms with Gasteiger partial charge in [-0.15, -0.1) is 0 Å². The number of nitrogens with one attached hydrogen (secondary N) is 2. The Morgan fingerprint density at radius 2 is 1.82 bits per heavy atom. The zero-order valence-electron chi connectivity index (χ0n) is 18.5. The molecule has 0 aliphatic carbocycles. The van der Waals surface area contributed by atoms with Crippen molar-refractivity contribution in [2.24, 2.45) is 11.5 Å². The molecule has 4 atom stereocenters. The molecule has 1 saturated heterocycles. The van der Waals surface area contributed by atoms with Crippen LogP contribution in [0.1, 0.15) is 38.2 Å². The monoisotopic (exact) mass is 461 g/mol. The van der Waals surface area contributed by atoms with E-state index in [0.717, 1.165) is 5.56 Å². The van der Waals surface area contributed by atoms with Crippen LogP contribution < -0.4 is 22.1 Å². The number of hydrogen-bond acceptors (Lipinski definition) is 6. The number of carboxylic acids is 1. The van der Waals surface area contributed by atoms with E-state index in [2.05, 4.69) is 10.6 Å². The molecule has 7 N–H and O–H groups in total. The summed E-state index contributed by atoms with van der Waals surface area (Å²) in [7, 11) is 0. The van der Waals surface area contributed by atoms with Crippen molar-refractivity contribution >= 4 is 29.6 Å². The molecule has 180 valence electrons. The lowest BCUT2D eigenvalue weighted by molar-refractivity contribution is -0.142. The lowest BCUT2D eigenvalue weighted by Crippen LogP contribution is -2.56. The third-order valence-corrected chi connectivity index (χ3v) is 5.50. The molecule has 11 heteroatoms. The van der Waals surface area contributed by atoms with Crippen molar-refractivity contribution < 1.29 is 29.1 Å². The quantitative estimate of drug-likeness (QED) is 0.276. The van der Waals surface area contributed by atoms with E-state index < -0.39 is 47.9 Å². The number of nitrogens with two attached hydrogens (primary N) is 2. The number of aliphatic carboxylic acids is 1. The van der Waals surface area contributed by atoms with E-state index >= 15 is 0 Å². The zero-order valence-corrected chi connectivity index (χ0v) is 18.5. The lowest BCUT2D eigenvalue weighted by Gasteiger charge is -2.28. The van der Waals surface area contributed by atoms with E-state index in [4.69, 9.17) is 16.6 Å². The molecular formula is C22H31N5O6. The maximum atomic E-state index is 13.0. The fourth-order valence-electron chi connectivity index (χ4n) is 3.67. The molecule has 0 radical (unpaired) electrons. The normalized spacial score (nSPS) is 18.1. The largest absolute Gasteiger partial charge is 0.480 e. The number of carbonyl (C=O) groups is 5. The Bertz CT molecular complexity index is 877. The van der Waals surface area contributed by atoms with Crippen molar-refractivity contribution in [2.45, 2.75) is 63.2 Å². The van der Waals surface area contributed by atoms with Gasteiger partial charge in [-0.05, 0) is 38.2 Å². The van der Waals surface area contributed by atoms with E-state index in [-0.39, 0.29) is 18.7 Å². The average Bonchev–Trinajstić information content (AvgIpc) is 3.26. The number of amides is 4. The van der Waals surface area contributed by atoms with Crippen molar-refractivity contribution in [3.05, 3.63) is 35.9 Å². The average molecular weight is 462 g/mol. The van der Waals surface area contributed by atoms with Gasteiger partial charge in [0.15, 0.2) is 0 Å². The van der Waals surface area contributed by atoms with E-state index in [9.17, 15) is 24.0 Å². The van der Waals surface area contributed by atoms with Crippen LogP contribution in [-0.2, 0) is 30.4 Å². The highest BCUT2D eigenvalue weighted by Gasteiger charge is 2.37. The number of likely N-dealkylation sites (tertiary alicyclic amines) is 1. The first-order chi connectivity index (χ1) is 15.6. The predicted molar refractivity (Wildman–Crippen MR) is 118 cm³/mol. The molecule has 0 saturated carbocycles. The lowest BCUT2D eigenvalue weighted by atomic mass is 10.0. The van der Waals surface area contributed by atoms with Gasteiger partial charge in [-0.3, -0.25) is 24.0 Å². The number of rotatable bonds is 11. The molecule has 1 aliphatic heterocycles. The molecule has 4 amide bonds. The Balaban J connectivity index is 2.06. The van der Waals surface area contributed by atoms with Crippen molar-refractivity contribution in [2.75, 3.05) is 6.54 Å². The van der Waals surface area contributed by atoms with Crippen LogP contribution in [0.5, 0.6) is 0 Å². The van der Waals surface area contributed by atoms with Gasteiger partial charge in [0.05, 0.1) is 6.04 Å². The van der Waals surface area contributed by atoms with Crippen molar-refractivity contribution in [1.29, 1.82) is 0 Å². The van der Waals surface area contributed by atoms with Gasteiger partial charge >= 0.3 is 5.97 Å². The zero-order chi connectivity index (χ0) is 24.5. The van der Waals surface area contributed by atoms with Crippen LogP contribution in [0.4, 0.5) is 0 Å². The summed E-state index contributed by atoms with van der Waals surface area (Å²) in [4.78, 5) is 62.0. The maximum absolute atomic E-state index is 13.0. The minimum Gasteiger partial charge on any atom is -0.480 e. The molecule has 0 bridgehead atoms. The highest BCUT2D eigenvalue weighted by molar-refractivity contribution is 5.94. The smallest absolute Gasteiger partial charge is 0.325 e. The van der Waals surface area contributed by atoms with Crippen molar-refractivity contribution in [3.63, 3.8) is 0 Å². The first-order valence-electron chi connectivity index (χ1n) is 10.8. The van der Waals surface area contributed by atoms with Crippen LogP contribution in [0.15, 0.2) is 30.3 Å². The van der Waals surface area contributed by atoms with Crippen LogP contribution >= 0.6 is 0 Å². The fraction of sp³-hybridized carbons (Fsp3) is 0.500. The molecule has 2 rings (SSSR count). The molecule has 1 heterocycles. The second-order valence-electron chi connectivity index (χ2n) is 8.12. The topological polar surface area (TPSA) is 185 Å². The molecule has 11 nitrogen and oxygen atoms in total. The number of hydrogen-bond donors (Lipinski definition) is 5. The fourth-order valence-corrected chi connectivity index (χ4v) is 3.67. The summed E-state index contributed by atoms with van der Waals surface area (Å²) < 4.78 is 0. The summed E-state index contributed by atoms with van der Waals surface area (Å²) in [5.74, 6) is -3.60. The molecular weight excluding hydrogens is 430 g/mol. The van der Waals surface area contributed by atoms with E-state index in [1.807, 2.05) is 30.3 Å². The van der Waals surface area contributed by atoms with Crippen LogP contribution in [-0.4, -0.2) is 70.3 Å². The second-order valence-corrected chi connectivity index (χ2v) is 8.12. The van der Waals surface area contributed by atoms with Crippen LogP contribution in [0.25, 0.3) is 0 Å². The minimum absolute atomic E-state index is 0.104. The van der Waals surface area contributed by atoms with E-state index in [0.29, 0.717) is 25.8 Å². The summed E-state index contributed by atoms with van der Waals surface area (Å²) in [6, 6.07) is 5.27. The third kappa shape index (κ3) is 7.56. The standard InChI is InChI=1S/C22H31N5O6/c1-13(22(32)33)25-19(29)16(9-10-18(24)28)26-20(30)17-8-5-11-27(17)21(31)15(23)12-14-6-3-2-4-7-14/h2-4,6-7,13,15-17H,5,8-12,23H2,1H3,(H2,24,28)(H,25,29)(H,26,30)(H,32,33). The SMILES string of the molecule is CC(NC(=O)C(CCC(N)=O)NC(=O)C1CCCN1C(=O)C(N)Cc1ccccc1)C(=O)O. The van der Waals surface area contributed by atoms with Gasteiger partial charge in [0.2, 0.25) is 23.6 Å². The summed E-state index contributed by atoms with van der Waals surface area (Å²) in [5, 5.41) is 13.8. The molecule has 1 aromatic rings. The highest BCUT2D eigenvalue weighted by Crippen LogP contribution is 2.19. The van der Waals surface area contributed by atoms with E-state index in [1.54, 1.807) is 0 Å². The maximum Gasteiger partial charge on any atom is 0.325 e. The second kappa shape index (κ2) is 12.0. The molecule has 0 spiro atoms. The highest BCUT2D eigenvalue weighted by atomic mass is 16.4. The van der Waals surface area contributed by atoms with Crippen LogP contribution in [0, 0.1) is 0 Å². The molecule has 1 aliphatic rings. The van der Waals surface area contributed by atoms with Gasteiger partial charge in [0, 0.05) is 13.0 Å². The third-order valence-electron chi connectivity index (χ3n) is 5.50. The van der Waals surface area contributed by atoms with Crippen molar-refractivity contribution in [3.8, 4) is 0 Å². The molecule has 0 aromatic heterocycles. The number of carboxylic acid groups (broad SMARTS) is 1. The minimum atomic E-state index is -1.25. The first kappa shape index (κ1) is 25.8.